The van der Waals surface area contributed by atoms with Crippen molar-refractivity contribution in [3.05, 3.63) is 29.6 Å². The number of anilines is 1. The monoisotopic (exact) mass is 219 g/mol. The van der Waals surface area contributed by atoms with Crippen molar-refractivity contribution >= 4 is 5.69 Å². The van der Waals surface area contributed by atoms with Crippen LogP contribution in [0.5, 0.6) is 0 Å². The van der Waals surface area contributed by atoms with E-state index in [-0.39, 0.29) is 5.56 Å². The molecule has 84 valence electrons. The fourth-order valence-corrected chi connectivity index (χ4v) is 1.22. The molecule has 0 heterocycles. The highest BCUT2D eigenvalue weighted by Crippen LogP contribution is 2.25. The van der Waals surface area contributed by atoms with E-state index >= 15 is 0 Å². The Morgan fingerprint density at radius 2 is 1.87 bits per heavy atom. The molecule has 1 aromatic rings. The summed E-state index contributed by atoms with van der Waals surface area (Å²) in [5.41, 5.74) is 0.174. The Hall–Kier alpha value is -1.23. The van der Waals surface area contributed by atoms with E-state index in [9.17, 15) is 13.2 Å². The lowest BCUT2D eigenvalue weighted by atomic mass is 10.1. The standard InChI is InChI=1S/C10H12F3NO/c1-14(2)8-4-3-6(5-7(8)11)9(15)10(12)13/h3-5,9-10,15H,1-2H3. The van der Waals surface area contributed by atoms with Crippen LogP contribution in [0.15, 0.2) is 18.2 Å². The molecule has 0 amide bonds. The minimum atomic E-state index is -2.91. The lowest BCUT2D eigenvalue weighted by Crippen LogP contribution is -2.12. The molecule has 1 atom stereocenters. The second-order valence-corrected chi connectivity index (χ2v) is 3.38. The van der Waals surface area contributed by atoms with Gasteiger partial charge in [-0.25, -0.2) is 13.2 Å². The van der Waals surface area contributed by atoms with Crippen LogP contribution in [0.4, 0.5) is 18.9 Å². The summed E-state index contributed by atoms with van der Waals surface area (Å²) in [4.78, 5) is 1.52. The molecule has 0 aliphatic carbocycles. The summed E-state index contributed by atoms with van der Waals surface area (Å²) >= 11 is 0. The van der Waals surface area contributed by atoms with Crippen LogP contribution in [-0.2, 0) is 0 Å². The largest absolute Gasteiger partial charge is 0.382 e. The molecule has 0 radical (unpaired) electrons. The van der Waals surface area contributed by atoms with E-state index in [4.69, 9.17) is 5.11 Å². The second kappa shape index (κ2) is 4.53. The molecule has 0 saturated heterocycles. The summed E-state index contributed by atoms with van der Waals surface area (Å²) < 4.78 is 37.6. The van der Waals surface area contributed by atoms with Crippen LogP contribution in [0.3, 0.4) is 0 Å². The smallest absolute Gasteiger partial charge is 0.268 e. The molecule has 0 fully saturated rings. The summed E-state index contributed by atoms with van der Waals surface area (Å²) in [6.07, 6.45) is -4.84. The van der Waals surface area contributed by atoms with Crippen molar-refractivity contribution < 1.29 is 18.3 Å². The number of benzene rings is 1. The topological polar surface area (TPSA) is 23.5 Å². The maximum absolute atomic E-state index is 13.3. The van der Waals surface area contributed by atoms with Gasteiger partial charge in [0.1, 0.15) is 11.9 Å². The van der Waals surface area contributed by atoms with E-state index < -0.39 is 18.3 Å². The summed E-state index contributed by atoms with van der Waals surface area (Å²) in [5, 5.41) is 9.02. The lowest BCUT2D eigenvalue weighted by Gasteiger charge is -2.16. The third-order valence-electron chi connectivity index (χ3n) is 2.03. The van der Waals surface area contributed by atoms with Gasteiger partial charge >= 0.3 is 0 Å². The number of alkyl halides is 2. The van der Waals surface area contributed by atoms with Gasteiger partial charge in [-0.2, -0.15) is 0 Å². The fraction of sp³-hybridized carbons (Fsp3) is 0.400. The van der Waals surface area contributed by atoms with Crippen LogP contribution in [-0.4, -0.2) is 25.6 Å². The Morgan fingerprint density at radius 1 is 1.27 bits per heavy atom. The van der Waals surface area contributed by atoms with Crippen molar-refractivity contribution in [1.82, 2.24) is 0 Å². The van der Waals surface area contributed by atoms with Crippen LogP contribution in [0, 0.1) is 5.82 Å². The van der Waals surface area contributed by atoms with E-state index in [2.05, 4.69) is 0 Å². The van der Waals surface area contributed by atoms with Crippen LogP contribution in [0.25, 0.3) is 0 Å². The van der Waals surface area contributed by atoms with Crippen molar-refractivity contribution in [2.45, 2.75) is 12.5 Å². The van der Waals surface area contributed by atoms with Crippen LogP contribution >= 0.6 is 0 Å². The third-order valence-corrected chi connectivity index (χ3v) is 2.03. The van der Waals surface area contributed by atoms with Crippen molar-refractivity contribution in [2.24, 2.45) is 0 Å². The van der Waals surface area contributed by atoms with Gasteiger partial charge in [0.25, 0.3) is 6.43 Å². The van der Waals surface area contributed by atoms with Crippen LogP contribution in [0.1, 0.15) is 11.7 Å². The van der Waals surface area contributed by atoms with Crippen LogP contribution < -0.4 is 4.90 Å². The Labute approximate surface area is 85.9 Å². The second-order valence-electron chi connectivity index (χ2n) is 3.38. The minimum Gasteiger partial charge on any atom is -0.382 e. The van der Waals surface area contributed by atoms with E-state index in [1.807, 2.05) is 0 Å². The van der Waals surface area contributed by atoms with Gasteiger partial charge in [-0.15, -0.1) is 0 Å². The Bertz CT molecular complexity index is 341. The average Bonchev–Trinajstić information content (AvgIpc) is 2.15. The van der Waals surface area contributed by atoms with Gasteiger partial charge in [-0.3, -0.25) is 0 Å². The number of aliphatic hydroxyl groups is 1. The number of halogens is 3. The molecule has 5 heteroatoms. The molecule has 1 aromatic carbocycles. The van der Waals surface area contributed by atoms with Crippen molar-refractivity contribution in [1.29, 1.82) is 0 Å². The molecule has 0 saturated carbocycles. The van der Waals surface area contributed by atoms with Gasteiger partial charge in [-0.1, -0.05) is 6.07 Å². The SMILES string of the molecule is CN(C)c1ccc(C(O)C(F)F)cc1F. The quantitative estimate of drug-likeness (QED) is 0.842. The maximum atomic E-state index is 13.3. The van der Waals surface area contributed by atoms with Gasteiger partial charge in [0, 0.05) is 14.1 Å². The van der Waals surface area contributed by atoms with Gasteiger partial charge in [0.2, 0.25) is 0 Å². The number of nitrogens with zero attached hydrogens (tertiary/aromatic N) is 1. The number of hydrogen-bond acceptors (Lipinski definition) is 2. The van der Waals surface area contributed by atoms with Gasteiger partial charge in [0.15, 0.2) is 0 Å². The number of aliphatic hydroxyl groups excluding tert-OH is 1. The molecular weight excluding hydrogens is 207 g/mol. The first kappa shape index (κ1) is 11.8. The number of rotatable bonds is 3. The van der Waals surface area contributed by atoms with Gasteiger partial charge in [0.05, 0.1) is 5.69 Å². The molecule has 15 heavy (non-hydrogen) atoms. The highest BCUT2D eigenvalue weighted by Gasteiger charge is 2.20. The van der Waals surface area contributed by atoms with E-state index in [0.29, 0.717) is 5.69 Å². The molecule has 0 bridgehead atoms. The van der Waals surface area contributed by atoms with Crippen molar-refractivity contribution in [3.63, 3.8) is 0 Å². The lowest BCUT2D eigenvalue weighted by molar-refractivity contribution is -0.00591. The van der Waals surface area contributed by atoms with E-state index in [0.717, 1.165) is 6.07 Å². The molecule has 0 aliphatic heterocycles. The predicted octanol–water partition coefficient (Wildman–Crippen LogP) is 2.19. The third kappa shape index (κ3) is 2.62. The first-order chi connectivity index (χ1) is 6.93. The van der Waals surface area contributed by atoms with Gasteiger partial charge < -0.3 is 10.0 Å². The zero-order valence-corrected chi connectivity index (χ0v) is 8.42. The normalized spacial score (nSPS) is 13.0. The highest BCUT2D eigenvalue weighted by atomic mass is 19.3. The summed E-state index contributed by atoms with van der Waals surface area (Å²) in [6.45, 7) is 0. The zero-order chi connectivity index (χ0) is 11.6. The maximum Gasteiger partial charge on any atom is 0.268 e. The molecule has 2 nitrogen and oxygen atoms in total. The summed E-state index contributed by atoms with van der Waals surface area (Å²) in [5.74, 6) is -0.628. The first-order valence-corrected chi connectivity index (χ1v) is 4.36. The molecule has 1 rings (SSSR count). The number of hydrogen-bond donors (Lipinski definition) is 1. The Kier molecular flexibility index (Phi) is 3.57. The van der Waals surface area contributed by atoms with Crippen molar-refractivity contribution in [2.75, 3.05) is 19.0 Å². The molecule has 0 aromatic heterocycles. The highest BCUT2D eigenvalue weighted by molar-refractivity contribution is 5.48. The fourth-order valence-electron chi connectivity index (χ4n) is 1.22. The Balaban J connectivity index is 3.01. The molecule has 0 spiro atoms. The van der Waals surface area contributed by atoms with Crippen molar-refractivity contribution in [3.8, 4) is 0 Å². The molecule has 1 N–H and O–H groups in total. The van der Waals surface area contributed by atoms with E-state index in [1.54, 1.807) is 14.1 Å². The van der Waals surface area contributed by atoms with Crippen LogP contribution in [0.2, 0.25) is 0 Å². The van der Waals surface area contributed by atoms with E-state index in [1.165, 1.54) is 17.0 Å². The minimum absolute atomic E-state index is 0.117. The predicted molar refractivity (Wildman–Crippen MR) is 51.7 cm³/mol. The Morgan fingerprint density at radius 3 is 2.27 bits per heavy atom. The molecule has 1 unspecified atom stereocenters. The summed E-state index contributed by atoms with van der Waals surface area (Å²) in [6, 6.07) is 3.57. The zero-order valence-electron chi connectivity index (χ0n) is 8.42. The average molecular weight is 219 g/mol. The van der Waals surface area contributed by atoms with Gasteiger partial charge in [-0.05, 0) is 17.7 Å². The summed E-state index contributed by atoms with van der Waals surface area (Å²) in [7, 11) is 3.28. The first-order valence-electron chi connectivity index (χ1n) is 4.36. The molecule has 0 aliphatic rings. The molecular formula is C10H12F3NO.